The SMILES string of the molecule is COc1ccc(-c2csc(C=Cc3ccc(OCc4ccccc4Cl)c(OC)c3)n2)cc1OC. The minimum atomic E-state index is 0.364. The van der Waals surface area contributed by atoms with E-state index < -0.39 is 0 Å². The molecule has 34 heavy (non-hydrogen) atoms. The van der Waals surface area contributed by atoms with Gasteiger partial charge in [-0.15, -0.1) is 11.3 Å². The van der Waals surface area contributed by atoms with Gasteiger partial charge in [-0.1, -0.05) is 41.9 Å². The molecule has 5 nitrogen and oxygen atoms in total. The normalized spacial score (nSPS) is 10.9. The first-order chi connectivity index (χ1) is 16.6. The highest BCUT2D eigenvalue weighted by atomic mass is 35.5. The topological polar surface area (TPSA) is 49.8 Å². The van der Waals surface area contributed by atoms with Crippen molar-refractivity contribution in [2.75, 3.05) is 21.3 Å². The second kappa shape index (κ2) is 11.1. The van der Waals surface area contributed by atoms with E-state index in [0.717, 1.165) is 27.4 Å². The number of rotatable bonds is 9. The number of ether oxygens (including phenoxy) is 4. The van der Waals surface area contributed by atoms with Gasteiger partial charge in [0.15, 0.2) is 23.0 Å². The maximum Gasteiger partial charge on any atom is 0.161 e. The fourth-order valence-corrected chi connectivity index (χ4v) is 4.25. The number of hydrogen-bond donors (Lipinski definition) is 0. The van der Waals surface area contributed by atoms with Crippen LogP contribution < -0.4 is 18.9 Å². The first kappa shape index (κ1) is 23.7. The van der Waals surface area contributed by atoms with Crippen molar-refractivity contribution >= 4 is 35.1 Å². The molecule has 3 aromatic carbocycles. The van der Waals surface area contributed by atoms with Crippen molar-refractivity contribution in [2.24, 2.45) is 0 Å². The first-order valence-corrected chi connectivity index (χ1v) is 11.8. The predicted molar refractivity (Wildman–Crippen MR) is 138 cm³/mol. The molecule has 0 N–H and O–H groups in total. The van der Waals surface area contributed by atoms with Crippen LogP contribution in [0.5, 0.6) is 23.0 Å². The Morgan fingerprint density at radius 1 is 0.824 bits per heavy atom. The van der Waals surface area contributed by atoms with E-state index in [0.29, 0.717) is 34.6 Å². The summed E-state index contributed by atoms with van der Waals surface area (Å²) in [4.78, 5) is 4.72. The van der Waals surface area contributed by atoms with Crippen molar-refractivity contribution in [3.05, 3.63) is 87.2 Å². The fourth-order valence-electron chi connectivity index (χ4n) is 3.34. The molecule has 4 rings (SSSR count). The number of methoxy groups -OCH3 is 3. The van der Waals surface area contributed by atoms with Crippen LogP contribution >= 0.6 is 22.9 Å². The molecule has 0 aliphatic heterocycles. The zero-order valence-electron chi connectivity index (χ0n) is 19.1. The summed E-state index contributed by atoms with van der Waals surface area (Å²) >= 11 is 7.79. The van der Waals surface area contributed by atoms with Crippen molar-refractivity contribution in [1.29, 1.82) is 0 Å². The molecule has 4 aromatic rings. The summed E-state index contributed by atoms with van der Waals surface area (Å²) in [7, 11) is 4.87. The number of nitrogens with zero attached hydrogens (tertiary/aromatic N) is 1. The zero-order chi connectivity index (χ0) is 23.9. The monoisotopic (exact) mass is 493 g/mol. The third-order valence-electron chi connectivity index (χ3n) is 5.15. The molecule has 0 fully saturated rings. The Balaban J connectivity index is 1.47. The second-order valence-electron chi connectivity index (χ2n) is 7.26. The molecule has 7 heteroatoms. The van der Waals surface area contributed by atoms with Gasteiger partial charge in [0.25, 0.3) is 0 Å². The van der Waals surface area contributed by atoms with Gasteiger partial charge >= 0.3 is 0 Å². The summed E-state index contributed by atoms with van der Waals surface area (Å²) in [6.07, 6.45) is 3.98. The predicted octanol–water partition coefficient (Wildman–Crippen LogP) is 7.24. The largest absolute Gasteiger partial charge is 0.493 e. The lowest BCUT2D eigenvalue weighted by atomic mass is 10.1. The minimum Gasteiger partial charge on any atom is -0.493 e. The van der Waals surface area contributed by atoms with E-state index in [1.807, 2.05) is 78.2 Å². The summed E-state index contributed by atoms with van der Waals surface area (Å²) < 4.78 is 22.2. The van der Waals surface area contributed by atoms with E-state index in [1.54, 1.807) is 32.7 Å². The van der Waals surface area contributed by atoms with Crippen LogP contribution in [0.1, 0.15) is 16.1 Å². The molecule has 1 heterocycles. The van der Waals surface area contributed by atoms with Gasteiger partial charge in [0.05, 0.1) is 27.0 Å². The van der Waals surface area contributed by atoms with Crippen molar-refractivity contribution in [2.45, 2.75) is 6.61 Å². The van der Waals surface area contributed by atoms with Gasteiger partial charge in [0.2, 0.25) is 0 Å². The van der Waals surface area contributed by atoms with Crippen molar-refractivity contribution in [3.63, 3.8) is 0 Å². The molecule has 0 amide bonds. The lowest BCUT2D eigenvalue weighted by Crippen LogP contribution is -1.98. The number of aromatic nitrogens is 1. The molecule has 0 atom stereocenters. The van der Waals surface area contributed by atoms with Crippen molar-refractivity contribution in [1.82, 2.24) is 4.98 Å². The Kier molecular flexibility index (Phi) is 7.72. The van der Waals surface area contributed by atoms with Crippen LogP contribution in [0, 0.1) is 0 Å². The third-order valence-corrected chi connectivity index (χ3v) is 6.33. The van der Waals surface area contributed by atoms with Gasteiger partial charge in [-0.05, 0) is 48.0 Å². The maximum absolute atomic E-state index is 6.22. The molecule has 0 aliphatic carbocycles. The molecule has 0 unspecified atom stereocenters. The molecule has 174 valence electrons. The maximum atomic E-state index is 6.22. The van der Waals surface area contributed by atoms with Crippen LogP contribution in [0.4, 0.5) is 0 Å². The molecule has 0 saturated heterocycles. The highest BCUT2D eigenvalue weighted by molar-refractivity contribution is 7.10. The van der Waals surface area contributed by atoms with Gasteiger partial charge in [-0.3, -0.25) is 0 Å². The Labute approximate surface area is 208 Å². The summed E-state index contributed by atoms with van der Waals surface area (Å²) in [5, 5.41) is 3.59. The molecule has 0 radical (unpaired) electrons. The number of hydrogen-bond acceptors (Lipinski definition) is 6. The summed E-state index contributed by atoms with van der Waals surface area (Å²) in [5.41, 5.74) is 3.75. The van der Waals surface area contributed by atoms with E-state index in [-0.39, 0.29) is 0 Å². The first-order valence-electron chi connectivity index (χ1n) is 10.5. The van der Waals surface area contributed by atoms with Gasteiger partial charge < -0.3 is 18.9 Å². The van der Waals surface area contributed by atoms with Crippen LogP contribution in [-0.2, 0) is 6.61 Å². The average Bonchev–Trinajstić information content (AvgIpc) is 3.36. The average molecular weight is 494 g/mol. The van der Waals surface area contributed by atoms with Crippen LogP contribution in [0.25, 0.3) is 23.4 Å². The van der Waals surface area contributed by atoms with Crippen LogP contribution in [0.15, 0.2) is 66.0 Å². The summed E-state index contributed by atoms with van der Waals surface area (Å²) in [6, 6.07) is 19.2. The van der Waals surface area contributed by atoms with Gasteiger partial charge in [0, 0.05) is 21.5 Å². The fraction of sp³-hybridized carbons (Fsp3) is 0.148. The lowest BCUT2D eigenvalue weighted by molar-refractivity contribution is 0.284. The molecular weight excluding hydrogens is 470 g/mol. The lowest BCUT2D eigenvalue weighted by Gasteiger charge is -2.12. The van der Waals surface area contributed by atoms with Gasteiger partial charge in [0.1, 0.15) is 11.6 Å². The molecule has 0 bridgehead atoms. The van der Waals surface area contributed by atoms with E-state index in [4.69, 9.17) is 35.5 Å². The Bertz CT molecular complexity index is 1300. The molecule has 0 saturated carbocycles. The molecular formula is C27H24ClNO4S. The summed E-state index contributed by atoms with van der Waals surface area (Å²) in [6.45, 7) is 0.364. The standard InChI is InChI=1S/C27H24ClNO4S/c1-30-23-12-10-19(15-26(23)32-3)22-17-34-27(29-22)13-9-18-8-11-24(25(14-18)31-2)33-16-20-6-4-5-7-21(20)28/h4-15,17H,16H2,1-3H3. The minimum absolute atomic E-state index is 0.364. The van der Waals surface area contributed by atoms with Crippen molar-refractivity contribution < 1.29 is 18.9 Å². The quantitative estimate of drug-likeness (QED) is 0.246. The van der Waals surface area contributed by atoms with E-state index >= 15 is 0 Å². The number of halogens is 1. The van der Waals surface area contributed by atoms with Crippen molar-refractivity contribution in [3.8, 4) is 34.3 Å². The Morgan fingerprint density at radius 2 is 1.56 bits per heavy atom. The zero-order valence-corrected chi connectivity index (χ0v) is 20.7. The number of benzene rings is 3. The highest BCUT2D eigenvalue weighted by Crippen LogP contribution is 2.33. The van der Waals surface area contributed by atoms with Gasteiger partial charge in [-0.2, -0.15) is 0 Å². The summed E-state index contributed by atoms with van der Waals surface area (Å²) in [5.74, 6) is 2.67. The molecule has 0 aliphatic rings. The van der Waals surface area contributed by atoms with Crippen LogP contribution in [0.3, 0.4) is 0 Å². The van der Waals surface area contributed by atoms with E-state index in [9.17, 15) is 0 Å². The molecule has 0 spiro atoms. The Morgan fingerprint density at radius 3 is 2.32 bits per heavy atom. The highest BCUT2D eigenvalue weighted by Gasteiger charge is 2.10. The van der Waals surface area contributed by atoms with Crippen LogP contribution in [0.2, 0.25) is 5.02 Å². The molecule has 1 aromatic heterocycles. The Hall–Kier alpha value is -3.48. The van der Waals surface area contributed by atoms with Crippen LogP contribution in [-0.4, -0.2) is 26.3 Å². The smallest absolute Gasteiger partial charge is 0.161 e. The van der Waals surface area contributed by atoms with E-state index in [1.165, 1.54) is 0 Å². The second-order valence-corrected chi connectivity index (χ2v) is 8.56. The van der Waals surface area contributed by atoms with Gasteiger partial charge in [-0.25, -0.2) is 4.98 Å². The number of thiazole rings is 1. The third kappa shape index (κ3) is 5.53. The van der Waals surface area contributed by atoms with E-state index in [2.05, 4.69) is 0 Å².